The van der Waals surface area contributed by atoms with Crippen LogP contribution in [0.25, 0.3) is 0 Å². The standard InChI is InChI=1S/C12H23N3O/c1-3-4-7-14-12(13-2)15-8-5-11(10-16)6-9-15/h7,11,16H,3-6,8-10H2,1-2H3/b13-12?,14-7-. The maximum Gasteiger partial charge on any atom is 0.219 e. The summed E-state index contributed by atoms with van der Waals surface area (Å²) < 4.78 is 0. The fraction of sp³-hybridized carbons (Fsp3) is 0.833. The molecule has 1 saturated heterocycles. The second kappa shape index (κ2) is 7.39. The van der Waals surface area contributed by atoms with Crippen molar-refractivity contribution in [2.45, 2.75) is 32.6 Å². The van der Waals surface area contributed by atoms with Crippen LogP contribution in [0.4, 0.5) is 0 Å². The average Bonchev–Trinajstić information content (AvgIpc) is 2.35. The summed E-state index contributed by atoms with van der Waals surface area (Å²) in [6, 6.07) is 0. The van der Waals surface area contributed by atoms with E-state index in [-0.39, 0.29) is 0 Å². The Labute approximate surface area is 98.1 Å². The molecule has 0 aliphatic carbocycles. The first kappa shape index (κ1) is 13.2. The molecule has 4 heteroatoms. The summed E-state index contributed by atoms with van der Waals surface area (Å²) in [6.45, 7) is 4.37. The molecular weight excluding hydrogens is 202 g/mol. The molecule has 0 aromatic carbocycles. The van der Waals surface area contributed by atoms with Gasteiger partial charge >= 0.3 is 0 Å². The molecule has 92 valence electrons. The third-order valence-corrected chi connectivity index (χ3v) is 2.98. The molecule has 16 heavy (non-hydrogen) atoms. The van der Waals surface area contributed by atoms with Crippen LogP contribution in [0.15, 0.2) is 9.98 Å². The second-order valence-corrected chi connectivity index (χ2v) is 4.24. The maximum atomic E-state index is 9.07. The molecule has 1 N–H and O–H groups in total. The number of hydrogen-bond acceptors (Lipinski definition) is 2. The molecule has 1 heterocycles. The molecule has 1 rings (SSSR count). The van der Waals surface area contributed by atoms with Gasteiger partial charge in [0.2, 0.25) is 5.96 Å². The molecule has 1 aliphatic heterocycles. The van der Waals surface area contributed by atoms with Crippen molar-refractivity contribution >= 4 is 12.2 Å². The van der Waals surface area contributed by atoms with E-state index in [1.807, 2.05) is 6.21 Å². The monoisotopic (exact) mass is 225 g/mol. The molecule has 0 unspecified atom stereocenters. The van der Waals surface area contributed by atoms with Crippen molar-refractivity contribution < 1.29 is 5.11 Å². The smallest absolute Gasteiger partial charge is 0.219 e. The van der Waals surface area contributed by atoms with E-state index in [1.165, 1.54) is 0 Å². The molecule has 0 spiro atoms. The number of guanidine groups is 1. The molecule has 1 fully saturated rings. The molecule has 0 bridgehead atoms. The number of piperidine rings is 1. The van der Waals surface area contributed by atoms with Crippen molar-refractivity contribution in [3.63, 3.8) is 0 Å². The zero-order chi connectivity index (χ0) is 11.8. The van der Waals surface area contributed by atoms with Gasteiger partial charge in [0.1, 0.15) is 0 Å². The zero-order valence-electron chi connectivity index (χ0n) is 10.4. The predicted octanol–water partition coefficient (Wildman–Crippen LogP) is 1.55. The first-order valence-electron chi connectivity index (χ1n) is 6.17. The van der Waals surface area contributed by atoms with Gasteiger partial charge < -0.3 is 10.0 Å². The molecule has 0 aromatic heterocycles. The second-order valence-electron chi connectivity index (χ2n) is 4.24. The Morgan fingerprint density at radius 2 is 2.12 bits per heavy atom. The molecule has 0 radical (unpaired) electrons. The van der Waals surface area contributed by atoms with Crippen LogP contribution in [0.3, 0.4) is 0 Å². The van der Waals surface area contributed by atoms with Gasteiger partial charge in [-0.25, -0.2) is 4.99 Å². The SMILES string of the molecule is CCC/C=N\C(=NC)N1CCC(CO)CC1. The number of aliphatic hydroxyl groups is 1. The highest BCUT2D eigenvalue weighted by atomic mass is 16.3. The topological polar surface area (TPSA) is 48.2 Å². The van der Waals surface area contributed by atoms with Gasteiger partial charge in [-0.2, -0.15) is 0 Å². The Hall–Kier alpha value is -0.900. The molecule has 0 aromatic rings. The lowest BCUT2D eigenvalue weighted by Crippen LogP contribution is -2.38. The van der Waals surface area contributed by atoms with Crippen LogP contribution in [0.1, 0.15) is 32.6 Å². The van der Waals surface area contributed by atoms with E-state index in [4.69, 9.17) is 5.11 Å². The quantitative estimate of drug-likeness (QED) is 0.585. The Balaban J connectivity index is 2.43. The number of rotatable bonds is 3. The largest absolute Gasteiger partial charge is 0.396 e. The van der Waals surface area contributed by atoms with E-state index < -0.39 is 0 Å². The van der Waals surface area contributed by atoms with E-state index in [9.17, 15) is 0 Å². The van der Waals surface area contributed by atoms with E-state index in [0.29, 0.717) is 12.5 Å². The van der Waals surface area contributed by atoms with E-state index in [1.54, 1.807) is 7.05 Å². The number of likely N-dealkylation sites (tertiary alicyclic amines) is 1. The minimum Gasteiger partial charge on any atom is -0.396 e. The number of aliphatic imine (C=N–C) groups is 2. The van der Waals surface area contributed by atoms with Crippen LogP contribution in [0, 0.1) is 5.92 Å². The zero-order valence-corrected chi connectivity index (χ0v) is 10.4. The number of nitrogens with zero attached hydrogens (tertiary/aromatic N) is 3. The summed E-state index contributed by atoms with van der Waals surface area (Å²) in [5.74, 6) is 1.30. The van der Waals surface area contributed by atoms with Gasteiger partial charge in [-0.15, -0.1) is 0 Å². The summed E-state index contributed by atoms with van der Waals surface area (Å²) in [5, 5.41) is 9.07. The van der Waals surface area contributed by atoms with Gasteiger partial charge in [0, 0.05) is 33.0 Å². The van der Waals surface area contributed by atoms with Crippen LogP contribution in [0.5, 0.6) is 0 Å². The first-order chi connectivity index (χ1) is 7.81. The van der Waals surface area contributed by atoms with Gasteiger partial charge in [0.05, 0.1) is 0 Å². The lowest BCUT2D eigenvalue weighted by Gasteiger charge is -2.31. The van der Waals surface area contributed by atoms with Crippen molar-refractivity contribution in [2.24, 2.45) is 15.9 Å². The minimum absolute atomic E-state index is 0.311. The van der Waals surface area contributed by atoms with Crippen LogP contribution in [-0.4, -0.2) is 48.9 Å². The molecule has 0 amide bonds. The third kappa shape index (κ3) is 3.93. The Bertz CT molecular complexity index is 243. The minimum atomic E-state index is 0.311. The molecule has 0 saturated carbocycles. The molecule has 4 nitrogen and oxygen atoms in total. The van der Waals surface area contributed by atoms with Crippen molar-refractivity contribution in [1.29, 1.82) is 0 Å². The van der Waals surface area contributed by atoms with Crippen molar-refractivity contribution in [3.05, 3.63) is 0 Å². The fourth-order valence-electron chi connectivity index (χ4n) is 1.87. The maximum absolute atomic E-state index is 9.07. The van der Waals surface area contributed by atoms with Crippen LogP contribution >= 0.6 is 0 Å². The van der Waals surface area contributed by atoms with E-state index >= 15 is 0 Å². The molecule has 0 atom stereocenters. The summed E-state index contributed by atoms with van der Waals surface area (Å²) in [7, 11) is 1.79. The lowest BCUT2D eigenvalue weighted by atomic mass is 9.98. The van der Waals surface area contributed by atoms with Gasteiger partial charge in [0.25, 0.3) is 0 Å². The number of unbranched alkanes of at least 4 members (excludes halogenated alkanes) is 1. The normalized spacial score (nSPS) is 19.7. The highest BCUT2D eigenvalue weighted by Gasteiger charge is 2.20. The summed E-state index contributed by atoms with van der Waals surface area (Å²) in [5.41, 5.74) is 0. The highest BCUT2D eigenvalue weighted by molar-refractivity contribution is 5.87. The summed E-state index contributed by atoms with van der Waals surface area (Å²) >= 11 is 0. The van der Waals surface area contributed by atoms with Crippen LogP contribution < -0.4 is 0 Å². The number of hydrogen-bond donors (Lipinski definition) is 1. The van der Waals surface area contributed by atoms with Crippen molar-refractivity contribution in [1.82, 2.24) is 4.90 Å². The summed E-state index contributed by atoms with van der Waals surface area (Å²) in [4.78, 5) is 10.8. The predicted molar refractivity (Wildman–Crippen MR) is 68.1 cm³/mol. The molecular formula is C12H23N3O. The van der Waals surface area contributed by atoms with Crippen LogP contribution in [-0.2, 0) is 0 Å². The van der Waals surface area contributed by atoms with Gasteiger partial charge in [-0.1, -0.05) is 13.3 Å². The average molecular weight is 225 g/mol. The Morgan fingerprint density at radius 3 is 2.62 bits per heavy atom. The van der Waals surface area contributed by atoms with Gasteiger partial charge in [-0.3, -0.25) is 4.99 Å². The first-order valence-corrected chi connectivity index (χ1v) is 6.17. The Kier molecular flexibility index (Phi) is 6.08. The van der Waals surface area contributed by atoms with Crippen molar-refractivity contribution in [3.8, 4) is 0 Å². The summed E-state index contributed by atoms with van der Waals surface area (Å²) in [6.07, 6.45) is 6.15. The molecule has 1 aliphatic rings. The highest BCUT2D eigenvalue weighted by Crippen LogP contribution is 2.16. The van der Waals surface area contributed by atoms with Crippen LogP contribution in [0.2, 0.25) is 0 Å². The van der Waals surface area contributed by atoms with Gasteiger partial charge in [0.15, 0.2) is 0 Å². The number of aliphatic hydroxyl groups excluding tert-OH is 1. The Morgan fingerprint density at radius 1 is 1.44 bits per heavy atom. The lowest BCUT2D eigenvalue weighted by molar-refractivity contribution is 0.166. The van der Waals surface area contributed by atoms with Crippen molar-refractivity contribution in [2.75, 3.05) is 26.7 Å². The third-order valence-electron chi connectivity index (χ3n) is 2.98. The van der Waals surface area contributed by atoms with E-state index in [0.717, 1.165) is 44.7 Å². The fourth-order valence-corrected chi connectivity index (χ4v) is 1.87. The van der Waals surface area contributed by atoms with E-state index in [2.05, 4.69) is 21.8 Å². The van der Waals surface area contributed by atoms with Gasteiger partial charge in [-0.05, 0) is 25.2 Å².